The Balaban J connectivity index is 2.14. The number of aromatic hydroxyl groups is 2. The smallest absolute Gasteiger partial charge is 0.149 e. The molecular weight excluding hydrogens is 464 g/mol. The van der Waals surface area contributed by atoms with Crippen LogP contribution in [0.15, 0.2) is 59.1 Å². The number of nitrogens with zero attached hydrogens (tertiary/aromatic N) is 2. The summed E-state index contributed by atoms with van der Waals surface area (Å²) in [5.74, 6) is 1.17. The molecule has 0 atom stereocenters. The topological polar surface area (TPSA) is 58.3 Å². The van der Waals surface area contributed by atoms with E-state index in [4.69, 9.17) is 4.98 Å². The Morgan fingerprint density at radius 1 is 0.812 bits per heavy atom. The fourth-order valence-corrected chi connectivity index (χ4v) is 4.40. The zero-order chi connectivity index (χ0) is 23.4. The second-order valence-electron chi connectivity index (χ2n) is 10.3. The van der Waals surface area contributed by atoms with Gasteiger partial charge in [-0.2, -0.15) is 0 Å². The maximum absolute atomic E-state index is 11.2. The van der Waals surface area contributed by atoms with Crippen molar-refractivity contribution in [3.8, 4) is 28.6 Å². The molecule has 1 aromatic heterocycles. The molecule has 0 saturated heterocycles. The van der Waals surface area contributed by atoms with Crippen molar-refractivity contribution < 1.29 is 10.2 Å². The van der Waals surface area contributed by atoms with Crippen molar-refractivity contribution in [3.05, 3.63) is 70.2 Å². The lowest BCUT2D eigenvalue weighted by atomic mass is 9.79. The number of rotatable bonds is 2. The van der Waals surface area contributed by atoms with E-state index in [-0.39, 0.29) is 16.6 Å². The van der Waals surface area contributed by atoms with E-state index >= 15 is 0 Å². The van der Waals surface area contributed by atoms with Gasteiger partial charge in [0.15, 0.2) is 0 Å². The molecule has 32 heavy (non-hydrogen) atoms. The van der Waals surface area contributed by atoms with Gasteiger partial charge in [0.05, 0.1) is 16.6 Å². The van der Waals surface area contributed by atoms with E-state index in [1.54, 1.807) is 12.1 Å². The zero-order valence-corrected chi connectivity index (χ0v) is 20.9. The number of phenolic OH excluding ortho intramolecular Hbond substituents is 2. The molecule has 4 aromatic rings. The number of hydrogen-bond donors (Lipinski definition) is 2. The number of phenols is 2. The van der Waals surface area contributed by atoms with E-state index in [9.17, 15) is 10.2 Å². The number of benzene rings is 3. The lowest BCUT2D eigenvalue weighted by molar-refractivity contribution is 0.423. The monoisotopic (exact) mass is 492 g/mol. The zero-order valence-electron chi connectivity index (χ0n) is 19.4. The maximum Gasteiger partial charge on any atom is 0.149 e. The van der Waals surface area contributed by atoms with E-state index in [2.05, 4.69) is 62.0 Å². The average molecular weight is 493 g/mol. The molecule has 0 fully saturated rings. The van der Waals surface area contributed by atoms with Gasteiger partial charge in [0, 0.05) is 21.3 Å². The Hall–Kier alpha value is -2.79. The number of imidazole rings is 1. The molecule has 0 aliphatic rings. The Labute approximate surface area is 197 Å². The summed E-state index contributed by atoms with van der Waals surface area (Å²) in [5.41, 5.74) is 4.55. The minimum atomic E-state index is -0.255. The minimum Gasteiger partial charge on any atom is -0.507 e. The van der Waals surface area contributed by atoms with E-state index in [0.717, 1.165) is 32.3 Å². The highest BCUT2D eigenvalue weighted by molar-refractivity contribution is 9.10. The van der Waals surface area contributed by atoms with Gasteiger partial charge in [0.1, 0.15) is 17.3 Å². The normalized spacial score (nSPS) is 12.5. The molecule has 5 heteroatoms. The molecule has 2 N–H and O–H groups in total. The molecule has 0 aliphatic carbocycles. The third kappa shape index (κ3) is 3.90. The minimum absolute atomic E-state index is 0.175. The summed E-state index contributed by atoms with van der Waals surface area (Å²) in [6.45, 7) is 12.6. The highest BCUT2D eigenvalue weighted by atomic mass is 79.9. The molecule has 4 rings (SSSR count). The van der Waals surface area contributed by atoms with Crippen LogP contribution < -0.4 is 0 Å². The Morgan fingerprint density at radius 2 is 1.41 bits per heavy atom. The van der Waals surface area contributed by atoms with Crippen LogP contribution in [0.2, 0.25) is 0 Å². The van der Waals surface area contributed by atoms with Crippen molar-refractivity contribution in [2.75, 3.05) is 0 Å². The summed E-state index contributed by atoms with van der Waals surface area (Å²) in [7, 11) is 0. The second-order valence-corrected chi connectivity index (χ2v) is 11.2. The number of hydrogen-bond acceptors (Lipinski definition) is 3. The van der Waals surface area contributed by atoms with Crippen LogP contribution in [0, 0.1) is 0 Å². The van der Waals surface area contributed by atoms with Crippen molar-refractivity contribution in [2.45, 2.75) is 52.4 Å². The van der Waals surface area contributed by atoms with E-state index in [1.165, 1.54) is 0 Å². The van der Waals surface area contributed by atoms with Crippen LogP contribution in [-0.4, -0.2) is 19.8 Å². The fraction of sp³-hybridized carbons (Fsp3) is 0.296. The van der Waals surface area contributed by atoms with Gasteiger partial charge in [0.2, 0.25) is 0 Å². The van der Waals surface area contributed by atoms with Gasteiger partial charge < -0.3 is 10.2 Å². The quantitative estimate of drug-likeness (QED) is 0.305. The fourth-order valence-electron chi connectivity index (χ4n) is 4.05. The van der Waals surface area contributed by atoms with Crippen molar-refractivity contribution in [3.63, 3.8) is 0 Å². The molecule has 0 saturated carbocycles. The molecule has 3 aromatic carbocycles. The first-order valence-corrected chi connectivity index (χ1v) is 11.5. The summed E-state index contributed by atoms with van der Waals surface area (Å²) in [5, 5.41) is 21.8. The molecule has 4 nitrogen and oxygen atoms in total. The van der Waals surface area contributed by atoms with Gasteiger partial charge in [-0.25, -0.2) is 4.98 Å². The van der Waals surface area contributed by atoms with Gasteiger partial charge in [-0.3, -0.25) is 4.57 Å². The van der Waals surface area contributed by atoms with Gasteiger partial charge in [-0.1, -0.05) is 69.6 Å². The Bertz CT molecular complexity index is 1290. The summed E-state index contributed by atoms with van der Waals surface area (Å²) in [6, 6.07) is 17.3. The van der Waals surface area contributed by atoms with Crippen LogP contribution in [0.5, 0.6) is 11.5 Å². The third-order valence-electron chi connectivity index (χ3n) is 5.73. The Morgan fingerprint density at radius 3 is 1.97 bits per heavy atom. The molecule has 0 unspecified atom stereocenters. The molecule has 0 aliphatic heterocycles. The molecule has 1 heterocycles. The predicted molar refractivity (Wildman–Crippen MR) is 135 cm³/mol. The van der Waals surface area contributed by atoms with E-state index < -0.39 is 0 Å². The second kappa shape index (κ2) is 7.66. The van der Waals surface area contributed by atoms with Gasteiger partial charge in [0.25, 0.3) is 0 Å². The van der Waals surface area contributed by atoms with Gasteiger partial charge >= 0.3 is 0 Å². The van der Waals surface area contributed by atoms with E-state index in [0.29, 0.717) is 17.1 Å². The third-order valence-corrected chi connectivity index (χ3v) is 6.22. The van der Waals surface area contributed by atoms with Crippen molar-refractivity contribution in [1.82, 2.24) is 9.55 Å². The van der Waals surface area contributed by atoms with Crippen LogP contribution >= 0.6 is 15.9 Å². The molecule has 0 bridgehead atoms. The summed E-state index contributed by atoms with van der Waals surface area (Å²) in [6.07, 6.45) is 0. The van der Waals surface area contributed by atoms with Crippen LogP contribution in [0.25, 0.3) is 28.1 Å². The number of fused-ring (bicyclic) bond motifs is 1. The standard InChI is InChI=1S/C27H29BrN2O2/c1-26(2,3)19-14-17(15-20(24(19)32)27(4,5)6)30-22-12-11-16(28)13-21(22)29-25(30)18-9-7-8-10-23(18)31/h7-15,31-32H,1-6H3. The van der Waals surface area contributed by atoms with Gasteiger partial charge in [-0.05, 0) is 53.3 Å². The van der Waals surface area contributed by atoms with Crippen molar-refractivity contribution in [1.29, 1.82) is 0 Å². The number of para-hydroxylation sites is 1. The lowest BCUT2D eigenvalue weighted by Gasteiger charge is -2.28. The van der Waals surface area contributed by atoms with Crippen LogP contribution in [0.3, 0.4) is 0 Å². The van der Waals surface area contributed by atoms with Crippen molar-refractivity contribution in [2.24, 2.45) is 0 Å². The van der Waals surface area contributed by atoms with Crippen LogP contribution in [0.4, 0.5) is 0 Å². The summed E-state index contributed by atoms with van der Waals surface area (Å²) >= 11 is 3.55. The largest absolute Gasteiger partial charge is 0.507 e. The summed E-state index contributed by atoms with van der Waals surface area (Å²) in [4.78, 5) is 4.90. The highest BCUT2D eigenvalue weighted by Crippen LogP contribution is 2.42. The predicted octanol–water partition coefficient (Wildman–Crippen LogP) is 7.46. The molecule has 0 amide bonds. The van der Waals surface area contributed by atoms with Crippen LogP contribution in [0.1, 0.15) is 52.7 Å². The van der Waals surface area contributed by atoms with Crippen LogP contribution in [-0.2, 0) is 10.8 Å². The van der Waals surface area contributed by atoms with Crippen molar-refractivity contribution >= 4 is 27.0 Å². The molecular formula is C27H29BrN2O2. The average Bonchev–Trinajstić information content (AvgIpc) is 3.05. The first-order valence-electron chi connectivity index (χ1n) is 10.7. The van der Waals surface area contributed by atoms with E-state index in [1.807, 2.05) is 42.5 Å². The summed E-state index contributed by atoms with van der Waals surface area (Å²) < 4.78 is 3.01. The highest BCUT2D eigenvalue weighted by Gasteiger charge is 2.28. The lowest BCUT2D eigenvalue weighted by Crippen LogP contribution is -2.18. The SMILES string of the molecule is CC(C)(C)c1cc(-n2c(-c3ccccc3O)nc3cc(Br)ccc32)cc(C(C)(C)C)c1O. The number of aromatic nitrogens is 2. The first kappa shape index (κ1) is 22.4. The maximum atomic E-state index is 11.2. The molecule has 0 spiro atoms. The number of halogens is 1. The first-order chi connectivity index (χ1) is 14.9. The van der Waals surface area contributed by atoms with Gasteiger partial charge in [-0.15, -0.1) is 0 Å². The Kier molecular flexibility index (Phi) is 5.36. The molecule has 166 valence electrons. The molecule has 0 radical (unpaired) electrons.